The maximum Gasteiger partial charge on any atom is 0.348 e. The van der Waals surface area contributed by atoms with Crippen LogP contribution in [0.25, 0.3) is 0 Å². The van der Waals surface area contributed by atoms with E-state index in [0.29, 0.717) is 19.2 Å². The number of nitrogens with zero attached hydrogens (tertiary/aromatic N) is 2. The van der Waals surface area contributed by atoms with Crippen LogP contribution in [-0.2, 0) is 28.1 Å². The van der Waals surface area contributed by atoms with E-state index >= 15 is 0 Å². The van der Waals surface area contributed by atoms with Gasteiger partial charge in [0.25, 0.3) is 0 Å². The van der Waals surface area contributed by atoms with E-state index < -0.39 is 34.1 Å². The molecule has 0 aliphatic heterocycles. The lowest BCUT2D eigenvalue weighted by molar-refractivity contribution is -0.125. The Morgan fingerprint density at radius 3 is 2.41 bits per heavy atom. The van der Waals surface area contributed by atoms with E-state index in [1.807, 2.05) is 0 Å². The van der Waals surface area contributed by atoms with Crippen LogP contribution in [0.3, 0.4) is 0 Å². The summed E-state index contributed by atoms with van der Waals surface area (Å²) in [6.07, 6.45) is 3.51. The normalized spacial score (nSPS) is 15.0. The highest BCUT2D eigenvalue weighted by Crippen LogP contribution is 2.46. The summed E-state index contributed by atoms with van der Waals surface area (Å²) in [6, 6.07) is 2.44. The molecular weight excluding hydrogens is 522 g/mol. The van der Waals surface area contributed by atoms with Crippen molar-refractivity contribution in [3.63, 3.8) is 0 Å². The molecule has 4 N–H and O–H groups in total. The molecule has 0 aromatic carbocycles. The Morgan fingerprint density at radius 1 is 1.19 bits per heavy atom. The minimum Gasteiger partial charge on any atom is -0.394 e. The fourth-order valence-electron chi connectivity index (χ4n) is 3.23. The topological polar surface area (TPSA) is 163 Å². The van der Waals surface area contributed by atoms with Crippen LogP contribution in [0.5, 0.6) is 0 Å². The zero-order valence-corrected chi connectivity index (χ0v) is 24.5. The third-order valence-corrected chi connectivity index (χ3v) is 7.74. The molecule has 0 aliphatic rings. The fraction of sp³-hybridized carbons (Fsp3) is 0.739. The van der Waals surface area contributed by atoms with E-state index in [1.54, 1.807) is 14.2 Å². The first-order valence-corrected chi connectivity index (χ1v) is 15.2. The van der Waals surface area contributed by atoms with Crippen molar-refractivity contribution in [3.05, 3.63) is 24.2 Å². The van der Waals surface area contributed by atoms with Gasteiger partial charge in [-0.1, -0.05) is 0 Å². The number of nitrogens with one attached hydrogen (secondary N) is 2. The van der Waals surface area contributed by atoms with Crippen molar-refractivity contribution in [1.29, 1.82) is 5.26 Å². The third kappa shape index (κ3) is 18.5. The van der Waals surface area contributed by atoms with Crippen molar-refractivity contribution in [1.82, 2.24) is 15.3 Å². The monoisotopic (exact) mass is 566 g/mol. The number of ether oxygens (including phenoxy) is 3. The van der Waals surface area contributed by atoms with Gasteiger partial charge in [0, 0.05) is 50.5 Å². The highest BCUT2D eigenvalue weighted by molar-refractivity contribution is 7.55. The van der Waals surface area contributed by atoms with Gasteiger partial charge in [-0.05, 0) is 40.2 Å². The van der Waals surface area contributed by atoms with Gasteiger partial charge in [0.1, 0.15) is 8.30 Å². The molecule has 0 aromatic rings. The first-order valence-electron chi connectivity index (χ1n) is 12.1. The standard InChI is InChI=1S/C23H44N4O8P2/c1-19(2)27(20(3)4)36(34-13-7-11-24)16-9-21(10-17-37(29,30)31)35-23(18-33-15-14-32-6)26-22(28)8-12-25-5/h8,10,12,17,19-21,23,25H,7,9,13-16,18H2,1-6H3,(H,26,28)(H2,29,30,31)/b12-8-,17-10+. The van der Waals surface area contributed by atoms with Gasteiger partial charge in [0.15, 0.2) is 6.23 Å². The summed E-state index contributed by atoms with van der Waals surface area (Å²) in [5.41, 5.74) is 0. The Morgan fingerprint density at radius 2 is 1.86 bits per heavy atom. The minimum absolute atomic E-state index is 0.000286. The molecule has 12 nitrogen and oxygen atoms in total. The molecule has 0 spiro atoms. The molecule has 0 bridgehead atoms. The molecule has 0 rings (SSSR count). The Bertz CT molecular complexity index is 762. The Kier molecular flexibility index (Phi) is 19.8. The lowest BCUT2D eigenvalue weighted by Crippen LogP contribution is -2.42. The van der Waals surface area contributed by atoms with E-state index in [9.17, 15) is 19.1 Å². The second-order valence-electron chi connectivity index (χ2n) is 8.47. The van der Waals surface area contributed by atoms with Crippen LogP contribution in [0, 0.1) is 11.3 Å². The number of nitriles is 1. The minimum atomic E-state index is -4.44. The molecule has 37 heavy (non-hydrogen) atoms. The Balaban J connectivity index is 5.75. The van der Waals surface area contributed by atoms with Crippen molar-refractivity contribution in [2.45, 2.75) is 65.0 Å². The number of methoxy groups -OCH3 is 1. The largest absolute Gasteiger partial charge is 0.394 e. The first-order chi connectivity index (χ1) is 17.4. The van der Waals surface area contributed by atoms with Gasteiger partial charge in [0.05, 0.1) is 45.0 Å². The van der Waals surface area contributed by atoms with Crippen LogP contribution in [0.4, 0.5) is 0 Å². The van der Waals surface area contributed by atoms with Gasteiger partial charge in [-0.3, -0.25) is 14.0 Å². The molecule has 0 saturated carbocycles. The number of rotatable bonds is 21. The average Bonchev–Trinajstić information content (AvgIpc) is 2.80. The van der Waals surface area contributed by atoms with Gasteiger partial charge in [-0.2, -0.15) is 5.26 Å². The van der Waals surface area contributed by atoms with Crippen LogP contribution in [-0.4, -0.2) is 91.5 Å². The van der Waals surface area contributed by atoms with Crippen molar-refractivity contribution in [2.75, 3.05) is 46.7 Å². The van der Waals surface area contributed by atoms with E-state index in [2.05, 4.69) is 49.1 Å². The van der Waals surface area contributed by atoms with Crippen LogP contribution >= 0.6 is 15.9 Å². The second kappa shape index (κ2) is 20.6. The zero-order chi connectivity index (χ0) is 28.3. The SMILES string of the molecule is CN/C=C\C(=O)NC(COCCOC)OC(/C=C/P(=O)(O)O)CCP(OCCC#N)N(C(C)C)C(C)C. The highest BCUT2D eigenvalue weighted by Gasteiger charge is 2.27. The van der Waals surface area contributed by atoms with E-state index in [4.69, 9.17) is 24.0 Å². The van der Waals surface area contributed by atoms with E-state index in [0.717, 1.165) is 5.82 Å². The van der Waals surface area contributed by atoms with Gasteiger partial charge in [0.2, 0.25) is 5.91 Å². The van der Waals surface area contributed by atoms with Crippen LogP contribution < -0.4 is 10.6 Å². The van der Waals surface area contributed by atoms with Gasteiger partial charge in [-0.25, -0.2) is 0 Å². The third-order valence-electron chi connectivity index (χ3n) is 4.61. The lowest BCUT2D eigenvalue weighted by atomic mass is 10.3. The quantitative estimate of drug-likeness (QED) is 0.0699. The van der Waals surface area contributed by atoms with Gasteiger partial charge < -0.3 is 39.2 Å². The summed E-state index contributed by atoms with van der Waals surface area (Å²) in [5.74, 6) is 0.366. The summed E-state index contributed by atoms with van der Waals surface area (Å²) < 4.78 is 36.4. The van der Waals surface area contributed by atoms with Crippen molar-refractivity contribution in [3.8, 4) is 6.07 Å². The van der Waals surface area contributed by atoms with Crippen molar-refractivity contribution < 1.29 is 37.9 Å². The lowest BCUT2D eigenvalue weighted by Gasteiger charge is -2.37. The smallest absolute Gasteiger partial charge is 0.348 e. The van der Waals surface area contributed by atoms with E-state index in [-0.39, 0.29) is 38.3 Å². The van der Waals surface area contributed by atoms with Crippen LogP contribution in [0.15, 0.2) is 24.2 Å². The molecule has 0 fully saturated rings. The summed E-state index contributed by atoms with van der Waals surface area (Å²) in [7, 11) is -2.38. The number of hydrogen-bond donors (Lipinski definition) is 4. The summed E-state index contributed by atoms with van der Waals surface area (Å²) in [6.45, 7) is 9.16. The predicted molar refractivity (Wildman–Crippen MR) is 144 cm³/mol. The molecule has 14 heteroatoms. The van der Waals surface area contributed by atoms with Crippen molar-refractivity contribution in [2.24, 2.45) is 0 Å². The number of carbonyl (C=O) groups is 1. The number of amides is 1. The van der Waals surface area contributed by atoms with Crippen molar-refractivity contribution >= 4 is 21.8 Å². The average molecular weight is 567 g/mol. The van der Waals surface area contributed by atoms with Gasteiger partial charge in [-0.15, -0.1) is 0 Å². The number of hydrogen-bond acceptors (Lipinski definition) is 9. The Labute approximate surface area is 222 Å². The molecule has 0 aromatic heterocycles. The summed E-state index contributed by atoms with van der Waals surface area (Å²) in [5, 5.41) is 14.3. The van der Waals surface area contributed by atoms with Crippen LogP contribution in [0.1, 0.15) is 40.5 Å². The Hall–Kier alpha value is -1.38. The molecule has 214 valence electrons. The molecule has 0 heterocycles. The molecule has 0 saturated heterocycles. The highest BCUT2D eigenvalue weighted by atomic mass is 31.2. The molecular formula is C23H44N4O8P2. The zero-order valence-electron chi connectivity index (χ0n) is 22.7. The second-order valence-corrected chi connectivity index (χ2v) is 11.8. The molecule has 1 amide bonds. The maximum absolute atomic E-state index is 12.3. The number of carbonyl (C=O) groups excluding carboxylic acids is 1. The molecule has 3 unspecified atom stereocenters. The molecule has 3 atom stereocenters. The molecule has 0 aliphatic carbocycles. The van der Waals surface area contributed by atoms with Crippen LogP contribution in [0.2, 0.25) is 0 Å². The predicted octanol–water partition coefficient (Wildman–Crippen LogP) is 2.65. The maximum atomic E-state index is 12.3. The fourth-order valence-corrected chi connectivity index (χ4v) is 5.95. The summed E-state index contributed by atoms with van der Waals surface area (Å²) in [4.78, 5) is 31.0. The first kappa shape index (κ1) is 35.6. The molecule has 0 radical (unpaired) electrons. The van der Waals surface area contributed by atoms with Gasteiger partial charge >= 0.3 is 7.60 Å². The van der Waals surface area contributed by atoms with E-state index in [1.165, 1.54) is 18.4 Å². The summed E-state index contributed by atoms with van der Waals surface area (Å²) >= 11 is 0.